The van der Waals surface area contributed by atoms with E-state index in [-0.39, 0.29) is 0 Å². The van der Waals surface area contributed by atoms with Gasteiger partial charge in [-0.3, -0.25) is 0 Å². The quantitative estimate of drug-likeness (QED) is 0.345. The summed E-state index contributed by atoms with van der Waals surface area (Å²) < 4.78 is 0. The van der Waals surface area contributed by atoms with Gasteiger partial charge in [-0.25, -0.2) is 0 Å². The molecule has 0 nitrogen and oxygen atoms in total. The molecule has 0 N–H and O–H groups in total. The minimum atomic E-state index is 0.807. The number of unbranched alkanes of at least 4 members (excludes halogenated alkanes) is 4. The highest BCUT2D eigenvalue weighted by Crippen LogP contribution is 2.47. The molecule has 0 aromatic heterocycles. The van der Waals surface area contributed by atoms with Gasteiger partial charge in [0.05, 0.1) is 0 Å². The van der Waals surface area contributed by atoms with Crippen molar-refractivity contribution in [1.29, 1.82) is 0 Å². The summed E-state index contributed by atoms with van der Waals surface area (Å²) in [4.78, 5) is 0. The molecule has 0 bridgehead atoms. The molecular formula is C29H48. The van der Waals surface area contributed by atoms with Crippen molar-refractivity contribution in [3.8, 4) is 0 Å². The maximum Gasteiger partial charge on any atom is -0.0136 e. The third-order valence-electron chi connectivity index (χ3n) is 8.46. The van der Waals surface area contributed by atoms with E-state index < -0.39 is 0 Å². The standard InChI is InChI=1S/C29H48/c1-4-6-8-10-24-12-16-26(17-13-24)28-20-21-29(23(3)22-28)27-18-14-25(15-19-27)11-9-7-5-2/h14-15,18-19,23-24,26,28-29H,4-13,16-17,20-22H2,1-3H3/t23-,24?,26?,28?,29-/m1/s1. The Morgan fingerprint density at radius 1 is 0.724 bits per heavy atom. The number of hydrogen-bond acceptors (Lipinski definition) is 0. The van der Waals surface area contributed by atoms with Gasteiger partial charge < -0.3 is 0 Å². The zero-order valence-corrected chi connectivity index (χ0v) is 19.8. The lowest BCUT2D eigenvalue weighted by Crippen LogP contribution is -2.29. The molecule has 1 aromatic rings. The van der Waals surface area contributed by atoms with Crippen LogP contribution in [0.1, 0.15) is 128 Å². The largest absolute Gasteiger partial charge is 0.0654 e. The van der Waals surface area contributed by atoms with E-state index in [4.69, 9.17) is 0 Å². The number of rotatable bonds is 10. The average Bonchev–Trinajstić information content (AvgIpc) is 2.75. The van der Waals surface area contributed by atoms with E-state index in [9.17, 15) is 0 Å². The third-order valence-corrected chi connectivity index (χ3v) is 8.46. The van der Waals surface area contributed by atoms with Crippen molar-refractivity contribution in [2.75, 3.05) is 0 Å². The molecule has 0 heterocycles. The fourth-order valence-electron chi connectivity index (χ4n) is 6.50. The molecule has 29 heavy (non-hydrogen) atoms. The summed E-state index contributed by atoms with van der Waals surface area (Å²) >= 11 is 0. The lowest BCUT2D eigenvalue weighted by atomic mass is 9.64. The topological polar surface area (TPSA) is 0 Å². The van der Waals surface area contributed by atoms with Crippen molar-refractivity contribution in [3.05, 3.63) is 35.4 Å². The van der Waals surface area contributed by atoms with Crippen LogP contribution in [0.3, 0.4) is 0 Å². The van der Waals surface area contributed by atoms with E-state index in [0.29, 0.717) is 0 Å². The molecule has 164 valence electrons. The fraction of sp³-hybridized carbons (Fsp3) is 0.793. The molecule has 0 spiro atoms. The van der Waals surface area contributed by atoms with Crippen LogP contribution in [0.2, 0.25) is 0 Å². The molecule has 2 aliphatic carbocycles. The normalized spacial score (nSPS) is 30.4. The highest BCUT2D eigenvalue weighted by molar-refractivity contribution is 5.26. The minimum absolute atomic E-state index is 0.807. The molecule has 0 heteroatoms. The van der Waals surface area contributed by atoms with Crippen molar-refractivity contribution < 1.29 is 0 Å². The van der Waals surface area contributed by atoms with Gasteiger partial charge >= 0.3 is 0 Å². The fourth-order valence-corrected chi connectivity index (χ4v) is 6.50. The van der Waals surface area contributed by atoms with Gasteiger partial charge in [-0.1, -0.05) is 96.4 Å². The van der Waals surface area contributed by atoms with Gasteiger partial charge in [-0.05, 0) is 85.7 Å². The lowest BCUT2D eigenvalue weighted by Gasteiger charge is -2.41. The van der Waals surface area contributed by atoms with Crippen molar-refractivity contribution in [1.82, 2.24) is 0 Å². The van der Waals surface area contributed by atoms with E-state index in [1.807, 2.05) is 0 Å². The first kappa shape index (κ1) is 22.9. The van der Waals surface area contributed by atoms with Crippen LogP contribution >= 0.6 is 0 Å². The summed E-state index contributed by atoms with van der Waals surface area (Å²) in [7, 11) is 0. The van der Waals surface area contributed by atoms with E-state index in [2.05, 4.69) is 45.0 Å². The van der Waals surface area contributed by atoms with E-state index >= 15 is 0 Å². The zero-order valence-electron chi connectivity index (χ0n) is 19.8. The van der Waals surface area contributed by atoms with Crippen LogP contribution in [0.4, 0.5) is 0 Å². The van der Waals surface area contributed by atoms with E-state index in [0.717, 1.165) is 29.6 Å². The molecular weight excluding hydrogens is 348 g/mol. The highest BCUT2D eigenvalue weighted by Gasteiger charge is 2.34. The predicted octanol–water partition coefficient (Wildman–Crippen LogP) is 9.33. The predicted molar refractivity (Wildman–Crippen MR) is 129 cm³/mol. The molecule has 0 saturated heterocycles. The summed E-state index contributed by atoms with van der Waals surface area (Å²) in [6.45, 7) is 7.17. The molecule has 2 aliphatic rings. The number of aryl methyl sites for hydroxylation is 1. The van der Waals surface area contributed by atoms with E-state index in [1.165, 1.54) is 96.3 Å². The lowest BCUT2D eigenvalue weighted by molar-refractivity contribution is 0.130. The Bertz CT molecular complexity index is 548. The Hall–Kier alpha value is -0.780. The molecule has 0 radical (unpaired) electrons. The van der Waals surface area contributed by atoms with Gasteiger partial charge in [0, 0.05) is 0 Å². The van der Waals surface area contributed by atoms with Crippen molar-refractivity contribution in [2.24, 2.45) is 23.7 Å². The van der Waals surface area contributed by atoms with E-state index in [1.54, 1.807) is 11.1 Å². The van der Waals surface area contributed by atoms with Crippen molar-refractivity contribution in [3.63, 3.8) is 0 Å². The smallest absolute Gasteiger partial charge is 0.0136 e. The Balaban J connectivity index is 1.43. The zero-order chi connectivity index (χ0) is 20.5. The molecule has 1 unspecified atom stereocenters. The van der Waals surface area contributed by atoms with Crippen LogP contribution < -0.4 is 0 Å². The molecule has 0 aliphatic heterocycles. The van der Waals surface area contributed by atoms with Gasteiger partial charge in [-0.15, -0.1) is 0 Å². The van der Waals surface area contributed by atoms with Crippen LogP contribution in [-0.2, 0) is 6.42 Å². The van der Waals surface area contributed by atoms with Crippen LogP contribution in [0.15, 0.2) is 24.3 Å². The summed E-state index contributed by atoms with van der Waals surface area (Å²) in [5.74, 6) is 4.79. The Morgan fingerprint density at radius 3 is 2.03 bits per heavy atom. The first-order valence-electron chi connectivity index (χ1n) is 13.3. The third kappa shape index (κ3) is 6.86. The number of benzene rings is 1. The molecule has 1 aromatic carbocycles. The Kier molecular flexibility index (Phi) is 9.60. The second-order valence-corrected chi connectivity index (χ2v) is 10.6. The monoisotopic (exact) mass is 396 g/mol. The maximum absolute atomic E-state index is 2.54. The second-order valence-electron chi connectivity index (χ2n) is 10.6. The first-order chi connectivity index (χ1) is 14.2. The van der Waals surface area contributed by atoms with Crippen LogP contribution in [0.25, 0.3) is 0 Å². The maximum atomic E-state index is 2.54. The van der Waals surface area contributed by atoms with Crippen LogP contribution in [0, 0.1) is 23.7 Å². The van der Waals surface area contributed by atoms with Gasteiger partial charge in [0.15, 0.2) is 0 Å². The molecule has 0 amide bonds. The molecule has 2 saturated carbocycles. The Labute approximate surface area is 182 Å². The summed E-state index contributed by atoms with van der Waals surface area (Å²) in [5.41, 5.74) is 3.16. The van der Waals surface area contributed by atoms with Gasteiger partial charge in [0.1, 0.15) is 0 Å². The van der Waals surface area contributed by atoms with Crippen molar-refractivity contribution in [2.45, 2.75) is 123 Å². The SMILES string of the molecule is CCCCCc1ccc([C@@H]2CCC(C3CCC(CCCCC)CC3)C[C@H]2C)cc1. The summed E-state index contributed by atoms with van der Waals surface area (Å²) in [6.07, 6.45) is 21.6. The molecule has 2 fully saturated rings. The van der Waals surface area contributed by atoms with Crippen LogP contribution in [0.5, 0.6) is 0 Å². The van der Waals surface area contributed by atoms with Gasteiger partial charge in [-0.2, -0.15) is 0 Å². The number of hydrogen-bond donors (Lipinski definition) is 0. The summed E-state index contributed by atoms with van der Waals surface area (Å²) in [6, 6.07) is 9.77. The summed E-state index contributed by atoms with van der Waals surface area (Å²) in [5, 5.41) is 0. The van der Waals surface area contributed by atoms with Gasteiger partial charge in [0.25, 0.3) is 0 Å². The van der Waals surface area contributed by atoms with Crippen molar-refractivity contribution >= 4 is 0 Å². The second kappa shape index (κ2) is 12.2. The minimum Gasteiger partial charge on any atom is -0.0654 e. The van der Waals surface area contributed by atoms with Crippen LogP contribution in [-0.4, -0.2) is 0 Å². The average molecular weight is 397 g/mol. The Morgan fingerprint density at radius 2 is 1.38 bits per heavy atom. The molecule has 3 atom stereocenters. The first-order valence-corrected chi connectivity index (χ1v) is 13.3. The van der Waals surface area contributed by atoms with Gasteiger partial charge in [0.2, 0.25) is 0 Å². The highest BCUT2D eigenvalue weighted by atomic mass is 14.4. The molecule has 3 rings (SSSR count).